The number of hydrogen-bond donors (Lipinski definition) is 1. The predicted molar refractivity (Wildman–Crippen MR) is 70.9 cm³/mol. The molecule has 0 heterocycles. The largest absolute Gasteiger partial charge is 0.452 e. The Kier molecular flexibility index (Phi) is 5.68. The van der Waals surface area contributed by atoms with Crippen molar-refractivity contribution in [3.63, 3.8) is 0 Å². The highest BCUT2D eigenvalue weighted by atomic mass is 35.5. The molecule has 1 amide bonds. The van der Waals surface area contributed by atoms with E-state index in [1.165, 1.54) is 18.2 Å². The third-order valence-electron chi connectivity index (χ3n) is 1.85. The van der Waals surface area contributed by atoms with Crippen LogP contribution in [-0.4, -0.2) is 18.5 Å². The summed E-state index contributed by atoms with van der Waals surface area (Å²) >= 11 is 11.6. The molecule has 1 aromatic rings. The fourth-order valence-corrected chi connectivity index (χ4v) is 1.55. The minimum absolute atomic E-state index is 0.315. The third-order valence-corrected chi connectivity index (χ3v) is 2.40. The Balaban J connectivity index is 2.52. The molecule has 0 aromatic heterocycles. The number of benzene rings is 1. The lowest BCUT2D eigenvalue weighted by Gasteiger charge is -2.07. The van der Waals surface area contributed by atoms with Gasteiger partial charge in [-0.2, -0.15) is 0 Å². The zero-order valence-electron chi connectivity index (χ0n) is 9.57. The highest BCUT2D eigenvalue weighted by Gasteiger charge is 2.08. The summed E-state index contributed by atoms with van der Waals surface area (Å²) in [6, 6.07) is 4.66. The maximum absolute atomic E-state index is 11.5. The van der Waals surface area contributed by atoms with Gasteiger partial charge < -0.3 is 10.1 Å². The minimum Gasteiger partial charge on any atom is -0.452 e. The fraction of sp³-hybridized carbons (Fsp3) is 0.167. The van der Waals surface area contributed by atoms with Gasteiger partial charge in [0.05, 0.1) is 10.7 Å². The van der Waals surface area contributed by atoms with Crippen molar-refractivity contribution in [3.8, 4) is 0 Å². The highest BCUT2D eigenvalue weighted by Crippen LogP contribution is 2.25. The molecule has 0 bridgehead atoms. The second kappa shape index (κ2) is 7.03. The van der Waals surface area contributed by atoms with Crippen molar-refractivity contribution < 1.29 is 14.3 Å². The predicted octanol–water partition coefficient (Wildman–Crippen LogP) is 3.05. The van der Waals surface area contributed by atoms with Crippen molar-refractivity contribution in [2.24, 2.45) is 0 Å². The summed E-state index contributed by atoms with van der Waals surface area (Å²) < 4.78 is 4.67. The van der Waals surface area contributed by atoms with Crippen LogP contribution in [0.15, 0.2) is 30.4 Å². The summed E-state index contributed by atoms with van der Waals surface area (Å²) in [6.07, 6.45) is 2.75. The Labute approximate surface area is 115 Å². The summed E-state index contributed by atoms with van der Waals surface area (Å²) in [6.45, 7) is 1.30. The maximum atomic E-state index is 11.5. The van der Waals surface area contributed by atoms with Crippen molar-refractivity contribution in [2.45, 2.75) is 6.92 Å². The first-order valence-electron chi connectivity index (χ1n) is 5.07. The van der Waals surface area contributed by atoms with Crippen LogP contribution in [0.5, 0.6) is 0 Å². The second-order valence-electron chi connectivity index (χ2n) is 3.28. The average Bonchev–Trinajstić information content (AvgIpc) is 2.31. The zero-order valence-corrected chi connectivity index (χ0v) is 11.1. The number of halogens is 2. The molecule has 0 aliphatic carbocycles. The van der Waals surface area contributed by atoms with E-state index in [1.807, 2.05) is 0 Å². The van der Waals surface area contributed by atoms with Gasteiger partial charge in [-0.15, -0.1) is 0 Å². The smallest absolute Gasteiger partial charge is 0.330 e. The molecule has 0 saturated heterocycles. The lowest BCUT2D eigenvalue weighted by molar-refractivity contribution is -0.142. The summed E-state index contributed by atoms with van der Waals surface area (Å²) in [4.78, 5) is 22.4. The molecule has 96 valence electrons. The second-order valence-corrected chi connectivity index (χ2v) is 4.12. The van der Waals surface area contributed by atoms with E-state index in [4.69, 9.17) is 23.2 Å². The van der Waals surface area contributed by atoms with Crippen LogP contribution < -0.4 is 5.32 Å². The van der Waals surface area contributed by atoms with Crippen LogP contribution in [0.1, 0.15) is 6.92 Å². The topological polar surface area (TPSA) is 55.4 Å². The minimum atomic E-state index is -0.574. The molecule has 0 saturated carbocycles. The van der Waals surface area contributed by atoms with Crippen molar-refractivity contribution in [1.82, 2.24) is 0 Å². The molecule has 0 fully saturated rings. The van der Waals surface area contributed by atoms with Crippen molar-refractivity contribution in [3.05, 3.63) is 40.4 Å². The van der Waals surface area contributed by atoms with Gasteiger partial charge in [0.1, 0.15) is 0 Å². The number of carbonyl (C=O) groups excluding carboxylic acids is 2. The van der Waals surface area contributed by atoms with Crippen molar-refractivity contribution in [1.29, 1.82) is 0 Å². The molecule has 0 unspecified atom stereocenters. The molecule has 0 spiro atoms. The van der Waals surface area contributed by atoms with Crippen LogP contribution >= 0.6 is 23.2 Å². The Morgan fingerprint density at radius 1 is 1.39 bits per heavy atom. The molecule has 18 heavy (non-hydrogen) atoms. The van der Waals surface area contributed by atoms with E-state index >= 15 is 0 Å². The Morgan fingerprint density at radius 3 is 2.72 bits per heavy atom. The molecule has 0 radical (unpaired) electrons. The molecular formula is C12H11Cl2NO3. The monoisotopic (exact) mass is 287 g/mol. The summed E-state index contributed by atoms with van der Waals surface area (Å²) in [5.41, 5.74) is 0.410. The van der Waals surface area contributed by atoms with Crippen molar-refractivity contribution >= 4 is 40.8 Å². The first-order valence-corrected chi connectivity index (χ1v) is 5.83. The number of allylic oxidation sites excluding steroid dienone is 1. The molecule has 1 rings (SSSR count). The first kappa shape index (κ1) is 14.5. The van der Waals surface area contributed by atoms with Crippen LogP contribution in [0.25, 0.3) is 0 Å². The maximum Gasteiger partial charge on any atom is 0.330 e. The van der Waals surface area contributed by atoms with E-state index in [0.717, 1.165) is 0 Å². The van der Waals surface area contributed by atoms with Gasteiger partial charge >= 0.3 is 5.97 Å². The van der Waals surface area contributed by atoms with Gasteiger partial charge in [0.15, 0.2) is 6.61 Å². The molecule has 4 nitrogen and oxygen atoms in total. The molecule has 1 N–H and O–H groups in total. The molecule has 0 aliphatic heterocycles. The SMILES string of the molecule is C/C=C/C(=O)OCC(=O)Nc1ccc(Cl)cc1Cl. The Morgan fingerprint density at radius 2 is 2.11 bits per heavy atom. The average molecular weight is 288 g/mol. The van der Waals surface area contributed by atoms with Crippen LogP contribution in [0.2, 0.25) is 10.0 Å². The van der Waals surface area contributed by atoms with E-state index in [1.54, 1.807) is 19.1 Å². The molecule has 0 aliphatic rings. The number of rotatable bonds is 4. The van der Waals surface area contributed by atoms with Gasteiger partial charge in [-0.25, -0.2) is 4.79 Å². The summed E-state index contributed by atoms with van der Waals surface area (Å²) in [7, 11) is 0. The number of esters is 1. The van der Waals surface area contributed by atoms with Gasteiger partial charge in [-0.1, -0.05) is 29.3 Å². The summed E-state index contributed by atoms with van der Waals surface area (Å²) in [5, 5.41) is 3.29. The van der Waals surface area contributed by atoms with Gasteiger partial charge in [-0.3, -0.25) is 4.79 Å². The molecule has 0 atom stereocenters. The van der Waals surface area contributed by atoms with Crippen LogP contribution in [-0.2, 0) is 14.3 Å². The number of ether oxygens (including phenoxy) is 1. The van der Waals surface area contributed by atoms with Crippen LogP contribution in [0.3, 0.4) is 0 Å². The number of carbonyl (C=O) groups is 2. The van der Waals surface area contributed by atoms with E-state index in [0.29, 0.717) is 15.7 Å². The van der Waals surface area contributed by atoms with Gasteiger partial charge in [0.25, 0.3) is 5.91 Å². The Hall–Kier alpha value is -1.52. The lowest BCUT2D eigenvalue weighted by Crippen LogP contribution is -2.20. The summed E-state index contributed by atoms with van der Waals surface area (Å²) in [5.74, 6) is -1.05. The quantitative estimate of drug-likeness (QED) is 0.684. The number of hydrogen-bond acceptors (Lipinski definition) is 3. The number of anilines is 1. The Bertz CT molecular complexity index is 486. The molecular weight excluding hydrogens is 277 g/mol. The number of nitrogens with one attached hydrogen (secondary N) is 1. The first-order chi connectivity index (χ1) is 8.52. The van der Waals surface area contributed by atoms with Gasteiger partial charge in [-0.05, 0) is 25.1 Å². The van der Waals surface area contributed by atoms with E-state index in [2.05, 4.69) is 10.1 Å². The normalized spacial score (nSPS) is 10.4. The van der Waals surface area contributed by atoms with E-state index < -0.39 is 11.9 Å². The zero-order chi connectivity index (χ0) is 13.5. The van der Waals surface area contributed by atoms with E-state index in [9.17, 15) is 9.59 Å². The lowest BCUT2D eigenvalue weighted by atomic mass is 10.3. The van der Waals surface area contributed by atoms with Gasteiger partial charge in [0, 0.05) is 11.1 Å². The number of amides is 1. The standard InChI is InChI=1S/C12H11Cl2NO3/c1-2-3-12(17)18-7-11(16)15-10-5-4-8(13)6-9(10)14/h2-6H,7H2,1H3,(H,15,16)/b3-2+. The van der Waals surface area contributed by atoms with Gasteiger partial charge in [0.2, 0.25) is 0 Å². The van der Waals surface area contributed by atoms with E-state index in [-0.39, 0.29) is 6.61 Å². The highest BCUT2D eigenvalue weighted by molar-refractivity contribution is 6.36. The third kappa shape index (κ3) is 4.77. The molecule has 1 aromatic carbocycles. The van der Waals surface area contributed by atoms with Crippen molar-refractivity contribution in [2.75, 3.05) is 11.9 Å². The molecule has 6 heteroatoms. The van der Waals surface area contributed by atoms with Crippen LogP contribution in [0.4, 0.5) is 5.69 Å². The van der Waals surface area contributed by atoms with Crippen LogP contribution in [0, 0.1) is 0 Å². The fourth-order valence-electron chi connectivity index (χ4n) is 1.10.